The first-order valence-electron chi connectivity index (χ1n) is 36.4. The van der Waals surface area contributed by atoms with Gasteiger partial charge in [0.2, 0.25) is 5.91 Å². The molecule has 0 heterocycles. The first kappa shape index (κ1) is 77.6. The molecule has 6 nitrogen and oxygen atoms in total. The minimum Gasteiger partial charge on any atom is -0.466 e. The maximum absolute atomic E-state index is 12.4. The molecule has 0 spiro atoms. The maximum Gasteiger partial charge on any atom is 0.305 e. The van der Waals surface area contributed by atoms with Crippen LogP contribution in [0.2, 0.25) is 0 Å². The largest absolute Gasteiger partial charge is 0.466 e. The van der Waals surface area contributed by atoms with E-state index >= 15 is 0 Å². The van der Waals surface area contributed by atoms with E-state index in [-0.39, 0.29) is 18.5 Å². The Labute approximate surface area is 495 Å². The van der Waals surface area contributed by atoms with Crippen LogP contribution in [0.3, 0.4) is 0 Å². The van der Waals surface area contributed by atoms with Crippen molar-refractivity contribution in [1.29, 1.82) is 0 Å². The normalized spacial score (nSPS) is 12.5. The highest BCUT2D eigenvalue weighted by atomic mass is 16.5. The van der Waals surface area contributed by atoms with E-state index in [2.05, 4.69) is 31.3 Å². The molecule has 79 heavy (non-hydrogen) atoms. The van der Waals surface area contributed by atoms with Crippen LogP contribution in [0, 0.1) is 0 Å². The summed E-state index contributed by atoms with van der Waals surface area (Å²) in [6.07, 6.45) is 85.9. The van der Waals surface area contributed by atoms with E-state index in [1.54, 1.807) is 0 Å². The molecule has 2 unspecified atom stereocenters. The van der Waals surface area contributed by atoms with E-state index in [1.807, 2.05) is 0 Å². The van der Waals surface area contributed by atoms with Gasteiger partial charge in [-0.25, -0.2) is 0 Å². The lowest BCUT2D eigenvalue weighted by Gasteiger charge is -2.22. The summed E-state index contributed by atoms with van der Waals surface area (Å²) in [5.41, 5.74) is 0. The SMILES string of the molecule is CCCCCCCCC/C=C\CCCCCCCC(=O)OCCCCCCCCCCCCCCCCCCCCCCCCCCCCCCCCCCCCCCCC(=O)NC(CO)C(O)CCCCCCCCCCC. The molecular formula is C73H143NO5. The van der Waals surface area contributed by atoms with Crippen LogP contribution in [-0.2, 0) is 14.3 Å². The number of esters is 1. The molecule has 0 rings (SSSR count). The Morgan fingerprint density at radius 2 is 0.595 bits per heavy atom. The second-order valence-corrected chi connectivity index (χ2v) is 25.3. The summed E-state index contributed by atoms with van der Waals surface area (Å²) >= 11 is 0. The average Bonchev–Trinajstić information content (AvgIpc) is 3.45. The van der Waals surface area contributed by atoms with Crippen LogP contribution in [0.4, 0.5) is 0 Å². The lowest BCUT2D eigenvalue weighted by molar-refractivity contribution is -0.143. The third-order valence-electron chi connectivity index (χ3n) is 17.3. The molecule has 0 aromatic carbocycles. The van der Waals surface area contributed by atoms with Crippen LogP contribution in [0.15, 0.2) is 12.2 Å². The molecule has 470 valence electrons. The monoisotopic (exact) mass is 1110 g/mol. The van der Waals surface area contributed by atoms with Gasteiger partial charge in [-0.1, -0.05) is 366 Å². The Morgan fingerprint density at radius 1 is 0.342 bits per heavy atom. The van der Waals surface area contributed by atoms with Gasteiger partial charge in [0.15, 0.2) is 0 Å². The number of unbranched alkanes of at least 4 members (excludes halogenated alkanes) is 56. The fourth-order valence-corrected chi connectivity index (χ4v) is 11.8. The number of ether oxygens (including phenoxy) is 1. The second kappa shape index (κ2) is 69.1. The van der Waals surface area contributed by atoms with Gasteiger partial charge in [0.25, 0.3) is 0 Å². The number of allylic oxidation sites excluding steroid dienone is 2. The van der Waals surface area contributed by atoms with Crippen LogP contribution in [0.5, 0.6) is 0 Å². The standard InChI is InChI=1S/C73H143NO5/c1-3-5-7-9-11-13-14-15-16-41-44-47-51-55-59-63-67-73(78)79-68-64-60-56-52-48-45-42-39-37-35-33-31-29-27-25-23-21-19-17-18-20-22-24-26-28-30-32-34-36-38-40-43-46-50-54-58-62-66-72(77)74-70(69-75)71(76)65-61-57-53-49-12-10-8-6-4-2/h16,41,70-71,75-76H,3-15,17-40,42-69H2,1-2H3,(H,74,77)/b41-16-. The molecule has 0 aromatic heterocycles. The number of aliphatic hydroxyl groups excluding tert-OH is 2. The first-order chi connectivity index (χ1) is 39.0. The number of amides is 1. The Morgan fingerprint density at radius 3 is 0.899 bits per heavy atom. The summed E-state index contributed by atoms with van der Waals surface area (Å²) in [6, 6.07) is -0.534. The van der Waals surface area contributed by atoms with Crippen LogP contribution < -0.4 is 5.32 Å². The summed E-state index contributed by atoms with van der Waals surface area (Å²) in [6.45, 7) is 4.96. The highest BCUT2D eigenvalue weighted by Crippen LogP contribution is 2.20. The highest BCUT2D eigenvalue weighted by molar-refractivity contribution is 5.76. The van der Waals surface area contributed by atoms with E-state index in [0.717, 1.165) is 44.9 Å². The predicted octanol–water partition coefficient (Wildman–Crippen LogP) is 23.5. The number of carbonyl (C=O) groups excluding carboxylic acids is 2. The number of carbonyl (C=O) groups is 2. The first-order valence-corrected chi connectivity index (χ1v) is 36.4. The number of nitrogens with one attached hydrogen (secondary N) is 1. The van der Waals surface area contributed by atoms with Crippen LogP contribution in [0.1, 0.15) is 418 Å². The molecule has 0 saturated heterocycles. The van der Waals surface area contributed by atoms with Crippen molar-refractivity contribution in [2.24, 2.45) is 0 Å². The van der Waals surface area contributed by atoms with Crippen LogP contribution >= 0.6 is 0 Å². The summed E-state index contributed by atoms with van der Waals surface area (Å²) in [5, 5.41) is 23.2. The minimum atomic E-state index is -0.657. The molecule has 2 atom stereocenters. The zero-order valence-electron chi connectivity index (χ0n) is 53.9. The van der Waals surface area contributed by atoms with Gasteiger partial charge in [-0.15, -0.1) is 0 Å². The summed E-state index contributed by atoms with van der Waals surface area (Å²) < 4.78 is 5.50. The molecule has 0 aromatic rings. The van der Waals surface area contributed by atoms with Crippen molar-refractivity contribution in [3.63, 3.8) is 0 Å². The Hall–Kier alpha value is -1.40. The molecule has 0 aliphatic carbocycles. The zero-order chi connectivity index (χ0) is 57.1. The van der Waals surface area contributed by atoms with Gasteiger partial charge in [0.1, 0.15) is 0 Å². The maximum atomic E-state index is 12.4. The Kier molecular flexibility index (Phi) is 67.9. The van der Waals surface area contributed by atoms with E-state index in [1.165, 1.54) is 340 Å². The van der Waals surface area contributed by atoms with Gasteiger partial charge in [-0.2, -0.15) is 0 Å². The van der Waals surface area contributed by atoms with Crippen molar-refractivity contribution in [2.45, 2.75) is 431 Å². The van der Waals surface area contributed by atoms with Gasteiger partial charge in [0.05, 0.1) is 25.4 Å². The molecule has 0 saturated carbocycles. The summed E-state index contributed by atoms with van der Waals surface area (Å²) in [5.74, 6) is -0.0127. The van der Waals surface area contributed by atoms with Gasteiger partial charge >= 0.3 is 5.97 Å². The molecule has 6 heteroatoms. The second-order valence-electron chi connectivity index (χ2n) is 25.3. The van der Waals surface area contributed by atoms with Crippen LogP contribution in [-0.4, -0.2) is 47.4 Å². The minimum absolute atomic E-state index is 0.0167. The van der Waals surface area contributed by atoms with Crippen molar-refractivity contribution in [2.75, 3.05) is 13.2 Å². The Bertz CT molecular complexity index is 1190. The highest BCUT2D eigenvalue weighted by Gasteiger charge is 2.20. The number of rotatable bonds is 69. The van der Waals surface area contributed by atoms with E-state index < -0.39 is 12.1 Å². The molecule has 0 fully saturated rings. The number of aliphatic hydroxyl groups is 2. The fourth-order valence-electron chi connectivity index (χ4n) is 11.8. The van der Waals surface area contributed by atoms with Crippen molar-refractivity contribution < 1.29 is 24.5 Å². The lowest BCUT2D eigenvalue weighted by atomic mass is 10.0. The number of hydrogen-bond donors (Lipinski definition) is 3. The summed E-state index contributed by atoms with van der Waals surface area (Å²) in [7, 11) is 0. The molecule has 3 N–H and O–H groups in total. The van der Waals surface area contributed by atoms with E-state index in [9.17, 15) is 19.8 Å². The molecule has 0 bridgehead atoms. The zero-order valence-corrected chi connectivity index (χ0v) is 53.9. The van der Waals surface area contributed by atoms with Crippen molar-refractivity contribution >= 4 is 11.9 Å². The third-order valence-corrected chi connectivity index (χ3v) is 17.3. The average molecular weight is 1110 g/mol. The van der Waals surface area contributed by atoms with Crippen molar-refractivity contribution in [1.82, 2.24) is 5.32 Å². The molecule has 0 aliphatic heterocycles. The summed E-state index contributed by atoms with van der Waals surface area (Å²) in [4.78, 5) is 24.5. The van der Waals surface area contributed by atoms with Gasteiger partial charge in [-0.05, 0) is 51.4 Å². The topological polar surface area (TPSA) is 95.9 Å². The number of hydrogen-bond acceptors (Lipinski definition) is 5. The lowest BCUT2D eigenvalue weighted by Crippen LogP contribution is -2.45. The van der Waals surface area contributed by atoms with Crippen molar-refractivity contribution in [3.05, 3.63) is 12.2 Å². The molecular weight excluding hydrogens is 971 g/mol. The molecule has 0 radical (unpaired) electrons. The smallest absolute Gasteiger partial charge is 0.305 e. The fraction of sp³-hybridized carbons (Fsp3) is 0.945. The predicted molar refractivity (Wildman–Crippen MR) is 347 cm³/mol. The van der Waals surface area contributed by atoms with Crippen molar-refractivity contribution in [3.8, 4) is 0 Å². The van der Waals surface area contributed by atoms with Gasteiger partial charge in [0, 0.05) is 12.8 Å². The molecule has 1 amide bonds. The Balaban J connectivity index is 3.26. The van der Waals surface area contributed by atoms with E-state index in [0.29, 0.717) is 25.9 Å². The van der Waals surface area contributed by atoms with Gasteiger partial charge in [-0.3, -0.25) is 9.59 Å². The molecule has 0 aliphatic rings. The quantitative estimate of drug-likeness (QED) is 0.0320. The van der Waals surface area contributed by atoms with Crippen LogP contribution in [0.25, 0.3) is 0 Å². The third kappa shape index (κ3) is 65.6. The van der Waals surface area contributed by atoms with Gasteiger partial charge < -0.3 is 20.3 Å². The van der Waals surface area contributed by atoms with E-state index in [4.69, 9.17) is 4.74 Å².